The van der Waals surface area contributed by atoms with Gasteiger partial charge in [0.2, 0.25) is 5.91 Å². The van der Waals surface area contributed by atoms with Crippen LogP contribution in [0.1, 0.15) is 18.2 Å². The number of amides is 1. The standard InChI is InChI=1S/C25H21ClFN3O2/c26-18-7-1-6-12-23(18)32-14-13-29-22-11-5-3-9-20(22)28-25(29)17-15-24(31)30(16-17)21-10-4-2-8-19(21)27/h1-12,17H,13-16H2/t17-/m0/s1. The zero-order chi connectivity index (χ0) is 22.1. The molecule has 1 aliphatic heterocycles. The van der Waals surface area contributed by atoms with E-state index in [1.165, 1.54) is 11.0 Å². The molecule has 0 unspecified atom stereocenters. The van der Waals surface area contributed by atoms with E-state index < -0.39 is 5.82 Å². The summed E-state index contributed by atoms with van der Waals surface area (Å²) in [4.78, 5) is 19.1. The number of imidazole rings is 1. The molecule has 1 aromatic heterocycles. The van der Waals surface area contributed by atoms with Crippen LogP contribution < -0.4 is 9.64 Å². The second-order valence-corrected chi connectivity index (χ2v) is 8.15. The van der Waals surface area contributed by atoms with Crippen LogP contribution in [0, 0.1) is 5.82 Å². The minimum atomic E-state index is -0.400. The van der Waals surface area contributed by atoms with Crippen LogP contribution in [0.25, 0.3) is 11.0 Å². The molecule has 0 radical (unpaired) electrons. The van der Waals surface area contributed by atoms with Gasteiger partial charge in [-0.1, -0.05) is 48.0 Å². The molecular formula is C25H21ClFN3O2. The van der Waals surface area contributed by atoms with Crippen LogP contribution in [-0.4, -0.2) is 28.6 Å². The molecule has 1 amide bonds. The summed E-state index contributed by atoms with van der Waals surface area (Å²) in [5, 5.41) is 0.560. The first-order valence-corrected chi connectivity index (χ1v) is 10.9. The van der Waals surface area contributed by atoms with Crippen LogP contribution in [0.5, 0.6) is 5.75 Å². The van der Waals surface area contributed by atoms with Crippen LogP contribution in [0.3, 0.4) is 0 Å². The first kappa shape index (κ1) is 20.5. The van der Waals surface area contributed by atoms with Crippen LogP contribution in [-0.2, 0) is 11.3 Å². The molecule has 0 spiro atoms. The Labute approximate surface area is 190 Å². The van der Waals surface area contributed by atoms with Crippen molar-refractivity contribution >= 4 is 34.2 Å². The van der Waals surface area contributed by atoms with E-state index in [9.17, 15) is 9.18 Å². The summed E-state index contributed by atoms with van der Waals surface area (Å²) < 4.78 is 22.3. The lowest BCUT2D eigenvalue weighted by molar-refractivity contribution is -0.117. The molecule has 2 heterocycles. The quantitative estimate of drug-likeness (QED) is 0.394. The minimum absolute atomic E-state index is 0.106. The number of carbonyl (C=O) groups excluding carboxylic acids is 1. The molecule has 0 bridgehead atoms. The molecule has 5 nitrogen and oxygen atoms in total. The Kier molecular flexibility index (Phi) is 5.53. The third kappa shape index (κ3) is 3.82. The number of benzene rings is 3. The highest BCUT2D eigenvalue weighted by atomic mass is 35.5. The Morgan fingerprint density at radius 3 is 2.62 bits per heavy atom. The van der Waals surface area contributed by atoms with E-state index in [2.05, 4.69) is 4.57 Å². The van der Waals surface area contributed by atoms with Gasteiger partial charge in [-0.2, -0.15) is 0 Å². The normalized spacial score (nSPS) is 16.1. The Hall–Kier alpha value is -3.38. The second-order valence-electron chi connectivity index (χ2n) is 7.75. The Morgan fingerprint density at radius 2 is 1.78 bits per heavy atom. The molecule has 162 valence electrons. The smallest absolute Gasteiger partial charge is 0.227 e. The fourth-order valence-corrected chi connectivity index (χ4v) is 4.42. The monoisotopic (exact) mass is 449 g/mol. The fraction of sp³-hybridized carbons (Fsp3) is 0.200. The topological polar surface area (TPSA) is 47.4 Å². The van der Waals surface area contributed by atoms with Gasteiger partial charge in [-0.3, -0.25) is 4.79 Å². The number of nitrogens with zero attached hydrogens (tertiary/aromatic N) is 3. The molecule has 0 N–H and O–H groups in total. The third-order valence-corrected chi connectivity index (χ3v) is 6.04. The van der Waals surface area contributed by atoms with Crippen molar-refractivity contribution in [2.45, 2.75) is 18.9 Å². The van der Waals surface area contributed by atoms with E-state index in [4.69, 9.17) is 21.3 Å². The van der Waals surface area contributed by atoms with E-state index in [-0.39, 0.29) is 18.2 Å². The lowest BCUT2D eigenvalue weighted by Crippen LogP contribution is -2.25. The molecule has 1 atom stereocenters. The lowest BCUT2D eigenvalue weighted by Gasteiger charge is -2.18. The van der Waals surface area contributed by atoms with Gasteiger partial charge in [0.15, 0.2) is 0 Å². The van der Waals surface area contributed by atoms with Gasteiger partial charge in [0.1, 0.15) is 24.0 Å². The van der Waals surface area contributed by atoms with Gasteiger partial charge in [-0.15, -0.1) is 0 Å². The molecule has 5 rings (SSSR count). The minimum Gasteiger partial charge on any atom is -0.490 e. The van der Waals surface area contributed by atoms with Crippen LogP contribution in [0.2, 0.25) is 5.02 Å². The van der Waals surface area contributed by atoms with Crippen molar-refractivity contribution in [1.82, 2.24) is 9.55 Å². The van der Waals surface area contributed by atoms with Crippen molar-refractivity contribution in [3.05, 3.63) is 89.5 Å². The lowest BCUT2D eigenvalue weighted by atomic mass is 10.1. The predicted molar refractivity (Wildman–Crippen MR) is 123 cm³/mol. The highest BCUT2D eigenvalue weighted by Gasteiger charge is 2.35. The molecule has 3 aromatic carbocycles. The number of hydrogen-bond donors (Lipinski definition) is 0. The molecule has 32 heavy (non-hydrogen) atoms. The van der Waals surface area contributed by atoms with E-state index in [1.54, 1.807) is 24.3 Å². The zero-order valence-electron chi connectivity index (χ0n) is 17.2. The van der Waals surface area contributed by atoms with Gasteiger partial charge < -0.3 is 14.2 Å². The van der Waals surface area contributed by atoms with Crippen molar-refractivity contribution in [3.8, 4) is 5.75 Å². The zero-order valence-corrected chi connectivity index (χ0v) is 18.0. The molecule has 7 heteroatoms. The number of anilines is 1. The number of hydrogen-bond acceptors (Lipinski definition) is 3. The van der Waals surface area contributed by atoms with E-state index >= 15 is 0 Å². The van der Waals surface area contributed by atoms with E-state index in [1.807, 2.05) is 42.5 Å². The Bertz CT molecular complexity index is 1290. The van der Waals surface area contributed by atoms with Gasteiger partial charge in [-0.25, -0.2) is 9.37 Å². The summed E-state index contributed by atoms with van der Waals surface area (Å²) in [6, 6.07) is 21.6. The summed E-state index contributed by atoms with van der Waals surface area (Å²) in [7, 11) is 0. The van der Waals surface area contributed by atoms with Crippen LogP contribution in [0.4, 0.5) is 10.1 Å². The molecule has 0 saturated carbocycles. The average molecular weight is 450 g/mol. The van der Waals surface area contributed by atoms with Crippen LogP contribution >= 0.6 is 11.6 Å². The average Bonchev–Trinajstić information content (AvgIpc) is 3.36. The maximum absolute atomic E-state index is 14.3. The van der Waals surface area contributed by atoms with Crippen molar-refractivity contribution in [2.24, 2.45) is 0 Å². The van der Waals surface area contributed by atoms with Gasteiger partial charge >= 0.3 is 0 Å². The van der Waals surface area contributed by atoms with Gasteiger partial charge in [0.25, 0.3) is 0 Å². The number of ether oxygens (including phenoxy) is 1. The van der Waals surface area contributed by atoms with Gasteiger partial charge in [-0.05, 0) is 36.4 Å². The summed E-state index contributed by atoms with van der Waals surface area (Å²) >= 11 is 6.20. The predicted octanol–water partition coefficient (Wildman–Crippen LogP) is 5.43. The maximum Gasteiger partial charge on any atom is 0.227 e. The van der Waals surface area contributed by atoms with Crippen molar-refractivity contribution in [3.63, 3.8) is 0 Å². The number of fused-ring (bicyclic) bond motifs is 1. The van der Waals surface area contributed by atoms with Crippen molar-refractivity contribution in [1.29, 1.82) is 0 Å². The summed E-state index contributed by atoms with van der Waals surface area (Å²) in [5.74, 6) is 0.784. The van der Waals surface area contributed by atoms with E-state index in [0.29, 0.717) is 36.2 Å². The first-order chi connectivity index (χ1) is 15.6. The number of aromatic nitrogens is 2. The maximum atomic E-state index is 14.3. The van der Waals surface area contributed by atoms with Gasteiger partial charge in [0.05, 0.1) is 28.3 Å². The van der Waals surface area contributed by atoms with Crippen LogP contribution in [0.15, 0.2) is 72.8 Å². The van der Waals surface area contributed by atoms with Gasteiger partial charge in [0, 0.05) is 18.9 Å². The van der Waals surface area contributed by atoms with E-state index in [0.717, 1.165) is 16.9 Å². The number of para-hydroxylation sites is 4. The number of carbonyl (C=O) groups is 1. The number of halogens is 2. The molecule has 1 aliphatic rings. The summed E-state index contributed by atoms with van der Waals surface area (Å²) in [6.07, 6.45) is 0.281. The fourth-order valence-electron chi connectivity index (χ4n) is 4.23. The molecule has 0 aliphatic carbocycles. The Balaban J connectivity index is 1.42. The molecule has 4 aromatic rings. The number of rotatable bonds is 6. The first-order valence-electron chi connectivity index (χ1n) is 10.5. The van der Waals surface area contributed by atoms with Crippen molar-refractivity contribution in [2.75, 3.05) is 18.1 Å². The highest BCUT2D eigenvalue weighted by Crippen LogP contribution is 2.34. The molecular weight excluding hydrogens is 429 g/mol. The largest absolute Gasteiger partial charge is 0.490 e. The Morgan fingerprint density at radius 1 is 1.03 bits per heavy atom. The molecule has 1 saturated heterocycles. The third-order valence-electron chi connectivity index (χ3n) is 5.73. The summed E-state index contributed by atoms with van der Waals surface area (Å²) in [5.41, 5.74) is 2.14. The highest BCUT2D eigenvalue weighted by molar-refractivity contribution is 6.32. The second kappa shape index (κ2) is 8.63. The molecule has 1 fully saturated rings. The SMILES string of the molecule is O=C1C[C@H](c2nc3ccccc3n2CCOc2ccccc2Cl)CN1c1ccccc1F. The summed E-state index contributed by atoms with van der Waals surface area (Å²) in [6.45, 7) is 1.33. The van der Waals surface area contributed by atoms with Crippen molar-refractivity contribution < 1.29 is 13.9 Å².